The van der Waals surface area contributed by atoms with Gasteiger partial charge in [0.1, 0.15) is 11.6 Å². The zero-order valence-electron chi connectivity index (χ0n) is 7.41. The number of aromatic nitrogens is 2. The topological polar surface area (TPSA) is 29.0 Å². The van der Waals surface area contributed by atoms with Crippen LogP contribution in [0.25, 0.3) is 0 Å². The van der Waals surface area contributed by atoms with Crippen molar-refractivity contribution in [2.45, 2.75) is 18.7 Å². The lowest BCUT2D eigenvalue weighted by Gasteiger charge is -2.15. The van der Waals surface area contributed by atoms with Gasteiger partial charge in [0.2, 0.25) is 0 Å². The molecule has 0 saturated carbocycles. The average Bonchev–Trinajstić information content (AvgIpc) is 2.71. The van der Waals surface area contributed by atoms with Crippen LogP contribution in [-0.2, 0) is 5.88 Å². The fourth-order valence-electron chi connectivity index (χ4n) is 1.58. The Morgan fingerprint density at radius 1 is 1.38 bits per heavy atom. The summed E-state index contributed by atoms with van der Waals surface area (Å²) in [5.74, 6) is 2.12. The first kappa shape index (κ1) is 8.75. The largest absolute Gasteiger partial charge is 0.357 e. The van der Waals surface area contributed by atoms with Gasteiger partial charge >= 0.3 is 0 Å². The maximum atomic E-state index is 5.66. The molecule has 0 bridgehead atoms. The second kappa shape index (κ2) is 3.92. The van der Waals surface area contributed by atoms with E-state index in [1.165, 1.54) is 12.8 Å². The van der Waals surface area contributed by atoms with Crippen LogP contribution in [0, 0.1) is 0 Å². The van der Waals surface area contributed by atoms with Crippen molar-refractivity contribution >= 4 is 17.4 Å². The molecule has 13 heavy (non-hydrogen) atoms. The number of hydrogen-bond donors (Lipinski definition) is 0. The monoisotopic (exact) mass is 197 g/mol. The van der Waals surface area contributed by atoms with Crippen molar-refractivity contribution in [2.24, 2.45) is 0 Å². The van der Waals surface area contributed by atoms with Crippen molar-refractivity contribution in [3.05, 3.63) is 18.1 Å². The second-order valence-corrected chi connectivity index (χ2v) is 3.43. The lowest BCUT2D eigenvalue weighted by Crippen LogP contribution is -2.19. The lowest BCUT2D eigenvalue weighted by atomic mass is 10.4. The first-order valence-electron chi connectivity index (χ1n) is 4.53. The van der Waals surface area contributed by atoms with Crippen LogP contribution in [0.3, 0.4) is 0 Å². The smallest absolute Gasteiger partial charge is 0.145 e. The van der Waals surface area contributed by atoms with Gasteiger partial charge in [-0.3, -0.25) is 0 Å². The second-order valence-electron chi connectivity index (χ2n) is 3.16. The molecular weight excluding hydrogens is 186 g/mol. The lowest BCUT2D eigenvalue weighted by molar-refractivity contribution is 0.905. The number of alkyl halides is 1. The molecule has 0 N–H and O–H groups in total. The predicted octanol–water partition coefficient (Wildman–Crippen LogP) is 1.82. The summed E-state index contributed by atoms with van der Waals surface area (Å²) in [6, 6.07) is 1.95. The van der Waals surface area contributed by atoms with Crippen LogP contribution in [0.1, 0.15) is 18.7 Å². The maximum absolute atomic E-state index is 5.66. The van der Waals surface area contributed by atoms with E-state index in [-0.39, 0.29) is 0 Å². The van der Waals surface area contributed by atoms with Crippen molar-refractivity contribution in [3.8, 4) is 0 Å². The Balaban J connectivity index is 2.18. The minimum Gasteiger partial charge on any atom is -0.357 e. The van der Waals surface area contributed by atoms with Crippen LogP contribution >= 0.6 is 11.6 Å². The van der Waals surface area contributed by atoms with Gasteiger partial charge in [-0.25, -0.2) is 9.97 Å². The molecule has 0 aromatic carbocycles. The molecule has 1 aliphatic rings. The van der Waals surface area contributed by atoms with Crippen molar-refractivity contribution < 1.29 is 0 Å². The van der Waals surface area contributed by atoms with Gasteiger partial charge < -0.3 is 4.90 Å². The molecule has 1 fully saturated rings. The standard InChI is InChI=1S/C9H12ClN3/c10-7-8-11-4-3-9(12-8)13-5-1-2-6-13/h3-4H,1-2,5-7H2. The Hall–Kier alpha value is -0.830. The molecule has 70 valence electrons. The molecule has 3 nitrogen and oxygen atoms in total. The Kier molecular flexibility index (Phi) is 2.64. The average molecular weight is 198 g/mol. The predicted molar refractivity (Wildman–Crippen MR) is 53.0 cm³/mol. The summed E-state index contributed by atoms with van der Waals surface area (Å²) in [5.41, 5.74) is 0. The van der Waals surface area contributed by atoms with E-state index >= 15 is 0 Å². The first-order valence-corrected chi connectivity index (χ1v) is 5.06. The van der Waals surface area contributed by atoms with E-state index in [1.54, 1.807) is 6.20 Å². The minimum atomic E-state index is 0.391. The zero-order chi connectivity index (χ0) is 9.10. The summed E-state index contributed by atoms with van der Waals surface area (Å²) >= 11 is 5.66. The highest BCUT2D eigenvalue weighted by molar-refractivity contribution is 6.16. The molecule has 0 unspecified atom stereocenters. The van der Waals surface area contributed by atoms with Gasteiger partial charge in [-0.1, -0.05) is 0 Å². The molecule has 0 amide bonds. The molecule has 0 spiro atoms. The van der Waals surface area contributed by atoms with Crippen LogP contribution in [0.2, 0.25) is 0 Å². The summed E-state index contributed by atoms with van der Waals surface area (Å²) in [7, 11) is 0. The fourth-order valence-corrected chi connectivity index (χ4v) is 1.70. The van der Waals surface area contributed by atoms with Gasteiger partial charge in [-0.05, 0) is 18.9 Å². The highest BCUT2D eigenvalue weighted by Gasteiger charge is 2.13. The molecule has 0 radical (unpaired) electrons. The number of rotatable bonds is 2. The summed E-state index contributed by atoms with van der Waals surface area (Å²) in [5, 5.41) is 0. The minimum absolute atomic E-state index is 0.391. The molecular formula is C9H12ClN3. The Labute approximate surface area is 82.8 Å². The van der Waals surface area contributed by atoms with Crippen molar-refractivity contribution in [1.29, 1.82) is 0 Å². The number of hydrogen-bond acceptors (Lipinski definition) is 3. The van der Waals surface area contributed by atoms with Gasteiger partial charge in [-0.2, -0.15) is 0 Å². The summed E-state index contributed by atoms with van der Waals surface area (Å²) < 4.78 is 0. The van der Waals surface area contributed by atoms with E-state index in [4.69, 9.17) is 11.6 Å². The molecule has 2 rings (SSSR count). The number of nitrogens with zero attached hydrogens (tertiary/aromatic N) is 3. The fraction of sp³-hybridized carbons (Fsp3) is 0.556. The summed E-state index contributed by atoms with van der Waals surface area (Å²) in [6.45, 7) is 2.22. The van der Waals surface area contributed by atoms with Crippen LogP contribution in [0.15, 0.2) is 12.3 Å². The van der Waals surface area contributed by atoms with Gasteiger partial charge in [0.15, 0.2) is 0 Å². The number of halogens is 1. The van der Waals surface area contributed by atoms with Crippen LogP contribution < -0.4 is 4.90 Å². The molecule has 0 aliphatic carbocycles. The van der Waals surface area contributed by atoms with E-state index in [2.05, 4.69) is 14.9 Å². The van der Waals surface area contributed by atoms with Crippen LogP contribution in [0.5, 0.6) is 0 Å². The normalized spacial score (nSPS) is 16.5. The Morgan fingerprint density at radius 2 is 2.15 bits per heavy atom. The summed E-state index contributed by atoms with van der Waals surface area (Å²) in [6.07, 6.45) is 4.30. The van der Waals surface area contributed by atoms with E-state index < -0.39 is 0 Å². The quantitative estimate of drug-likeness (QED) is 0.678. The molecule has 1 aromatic rings. The van der Waals surface area contributed by atoms with Crippen LogP contribution in [0.4, 0.5) is 5.82 Å². The maximum Gasteiger partial charge on any atom is 0.145 e. The van der Waals surface area contributed by atoms with Crippen molar-refractivity contribution in [2.75, 3.05) is 18.0 Å². The van der Waals surface area contributed by atoms with E-state index in [9.17, 15) is 0 Å². The van der Waals surface area contributed by atoms with Gasteiger partial charge in [0.25, 0.3) is 0 Å². The molecule has 2 heterocycles. The van der Waals surface area contributed by atoms with E-state index in [1.807, 2.05) is 6.07 Å². The molecule has 0 atom stereocenters. The Bertz CT molecular complexity index is 284. The molecule has 4 heteroatoms. The van der Waals surface area contributed by atoms with Gasteiger partial charge in [0, 0.05) is 19.3 Å². The van der Waals surface area contributed by atoms with E-state index in [0.29, 0.717) is 11.7 Å². The van der Waals surface area contributed by atoms with Crippen LogP contribution in [-0.4, -0.2) is 23.1 Å². The Morgan fingerprint density at radius 3 is 2.85 bits per heavy atom. The van der Waals surface area contributed by atoms with E-state index in [0.717, 1.165) is 18.9 Å². The molecule has 1 aliphatic heterocycles. The van der Waals surface area contributed by atoms with Gasteiger partial charge in [0.05, 0.1) is 5.88 Å². The van der Waals surface area contributed by atoms with Crippen molar-refractivity contribution in [1.82, 2.24) is 9.97 Å². The highest BCUT2D eigenvalue weighted by atomic mass is 35.5. The van der Waals surface area contributed by atoms with Gasteiger partial charge in [-0.15, -0.1) is 11.6 Å². The first-order chi connectivity index (χ1) is 6.40. The summed E-state index contributed by atoms with van der Waals surface area (Å²) in [4.78, 5) is 10.7. The highest BCUT2D eigenvalue weighted by Crippen LogP contribution is 2.17. The third kappa shape index (κ3) is 1.91. The number of anilines is 1. The molecule has 1 saturated heterocycles. The molecule has 1 aromatic heterocycles. The van der Waals surface area contributed by atoms with Crippen molar-refractivity contribution in [3.63, 3.8) is 0 Å². The third-order valence-corrected chi connectivity index (χ3v) is 2.48. The third-order valence-electron chi connectivity index (χ3n) is 2.24. The SMILES string of the molecule is ClCc1nccc(N2CCCC2)n1. The zero-order valence-corrected chi connectivity index (χ0v) is 8.17.